The van der Waals surface area contributed by atoms with Gasteiger partial charge in [0.15, 0.2) is 0 Å². The fourth-order valence-electron chi connectivity index (χ4n) is 2.82. The molecule has 1 aromatic carbocycles. The van der Waals surface area contributed by atoms with E-state index in [9.17, 15) is 4.79 Å². The standard InChI is InChI=1S/C19H16BrN5O/c1-13-8-14(20)5-6-17(13)19(26)23-15-9-21-25(11-15)12-16-10-24-7-3-2-4-18(24)22-16/h2-11H,12H2,1H3,(H,23,26). The quantitative estimate of drug-likeness (QED) is 0.555. The van der Waals surface area contributed by atoms with Crippen LogP contribution in [0, 0.1) is 6.92 Å². The molecule has 4 aromatic rings. The Morgan fingerprint density at radius 3 is 2.92 bits per heavy atom. The molecule has 1 N–H and O–H groups in total. The Labute approximate surface area is 158 Å². The fourth-order valence-corrected chi connectivity index (χ4v) is 3.30. The molecule has 0 radical (unpaired) electrons. The highest BCUT2D eigenvalue weighted by atomic mass is 79.9. The molecule has 0 unspecified atom stereocenters. The van der Waals surface area contributed by atoms with Crippen molar-refractivity contribution in [3.63, 3.8) is 0 Å². The van der Waals surface area contributed by atoms with Gasteiger partial charge in [-0.05, 0) is 42.8 Å². The number of carbonyl (C=O) groups is 1. The minimum absolute atomic E-state index is 0.151. The number of amides is 1. The molecule has 0 saturated heterocycles. The van der Waals surface area contributed by atoms with Gasteiger partial charge in [0.05, 0.1) is 24.1 Å². The third kappa shape index (κ3) is 3.39. The number of aromatic nitrogens is 4. The summed E-state index contributed by atoms with van der Waals surface area (Å²) in [5.41, 5.74) is 4.01. The minimum Gasteiger partial charge on any atom is -0.319 e. The predicted octanol–water partition coefficient (Wildman–Crippen LogP) is 3.90. The largest absolute Gasteiger partial charge is 0.319 e. The van der Waals surface area contributed by atoms with Crippen LogP contribution in [0.1, 0.15) is 21.6 Å². The molecular formula is C19H16BrN5O. The first-order valence-corrected chi connectivity index (χ1v) is 8.90. The number of nitrogens with one attached hydrogen (secondary N) is 1. The Balaban J connectivity index is 1.48. The molecule has 130 valence electrons. The van der Waals surface area contributed by atoms with Gasteiger partial charge < -0.3 is 9.72 Å². The summed E-state index contributed by atoms with van der Waals surface area (Å²) in [5.74, 6) is -0.151. The summed E-state index contributed by atoms with van der Waals surface area (Å²) in [4.78, 5) is 17.0. The number of carbonyl (C=O) groups excluding carboxylic acids is 1. The van der Waals surface area contributed by atoms with E-state index in [0.717, 1.165) is 21.4 Å². The summed E-state index contributed by atoms with van der Waals surface area (Å²) < 4.78 is 4.68. The molecule has 26 heavy (non-hydrogen) atoms. The van der Waals surface area contributed by atoms with Crippen LogP contribution in [0.15, 0.2) is 65.7 Å². The number of aryl methyl sites for hydroxylation is 1. The first-order chi connectivity index (χ1) is 12.6. The highest BCUT2D eigenvalue weighted by molar-refractivity contribution is 9.10. The monoisotopic (exact) mass is 409 g/mol. The second kappa shape index (κ2) is 6.76. The molecule has 0 fully saturated rings. The van der Waals surface area contributed by atoms with Crippen molar-refractivity contribution in [1.29, 1.82) is 0 Å². The average molecular weight is 410 g/mol. The number of benzene rings is 1. The highest BCUT2D eigenvalue weighted by Gasteiger charge is 2.11. The molecule has 0 aliphatic carbocycles. The van der Waals surface area contributed by atoms with Crippen LogP contribution in [0.4, 0.5) is 5.69 Å². The second-order valence-electron chi connectivity index (χ2n) is 6.04. The average Bonchev–Trinajstić information content (AvgIpc) is 3.21. The van der Waals surface area contributed by atoms with E-state index in [-0.39, 0.29) is 5.91 Å². The lowest BCUT2D eigenvalue weighted by Gasteiger charge is -2.06. The SMILES string of the molecule is Cc1cc(Br)ccc1C(=O)Nc1cnn(Cc2cn3ccccc3n2)c1. The lowest BCUT2D eigenvalue weighted by Crippen LogP contribution is -2.13. The molecule has 0 bridgehead atoms. The molecule has 6 nitrogen and oxygen atoms in total. The van der Waals surface area contributed by atoms with Crippen molar-refractivity contribution in [3.8, 4) is 0 Å². The van der Waals surface area contributed by atoms with Crippen molar-refractivity contribution in [2.24, 2.45) is 0 Å². The lowest BCUT2D eigenvalue weighted by molar-refractivity contribution is 0.102. The molecule has 4 rings (SSSR count). The number of imidazole rings is 1. The third-order valence-electron chi connectivity index (χ3n) is 4.06. The van der Waals surface area contributed by atoms with E-state index in [1.807, 2.05) is 54.0 Å². The summed E-state index contributed by atoms with van der Waals surface area (Å²) in [7, 11) is 0. The summed E-state index contributed by atoms with van der Waals surface area (Å²) in [6.07, 6.45) is 7.37. The van der Waals surface area contributed by atoms with Gasteiger partial charge in [0, 0.05) is 28.6 Å². The predicted molar refractivity (Wildman–Crippen MR) is 103 cm³/mol. The van der Waals surface area contributed by atoms with Gasteiger partial charge in [-0.3, -0.25) is 9.48 Å². The molecule has 0 aliphatic heterocycles. The number of hydrogen-bond donors (Lipinski definition) is 1. The van der Waals surface area contributed by atoms with Gasteiger partial charge in [-0.2, -0.15) is 5.10 Å². The number of hydrogen-bond acceptors (Lipinski definition) is 3. The van der Waals surface area contributed by atoms with Crippen LogP contribution in [0.3, 0.4) is 0 Å². The molecule has 0 atom stereocenters. The van der Waals surface area contributed by atoms with Crippen molar-refractivity contribution in [2.75, 3.05) is 5.32 Å². The maximum absolute atomic E-state index is 12.5. The smallest absolute Gasteiger partial charge is 0.256 e. The Morgan fingerprint density at radius 2 is 2.12 bits per heavy atom. The van der Waals surface area contributed by atoms with Crippen LogP contribution in [0.2, 0.25) is 0 Å². The van der Waals surface area contributed by atoms with Crippen LogP contribution in [0.25, 0.3) is 5.65 Å². The number of anilines is 1. The minimum atomic E-state index is -0.151. The third-order valence-corrected chi connectivity index (χ3v) is 4.56. The van der Waals surface area contributed by atoms with E-state index in [4.69, 9.17) is 0 Å². The molecule has 7 heteroatoms. The normalized spacial score (nSPS) is 11.0. The van der Waals surface area contributed by atoms with Crippen molar-refractivity contribution in [1.82, 2.24) is 19.2 Å². The maximum atomic E-state index is 12.5. The van der Waals surface area contributed by atoms with Crippen LogP contribution < -0.4 is 5.32 Å². The number of halogens is 1. The van der Waals surface area contributed by atoms with Crippen LogP contribution >= 0.6 is 15.9 Å². The zero-order valence-electron chi connectivity index (χ0n) is 14.1. The summed E-state index contributed by atoms with van der Waals surface area (Å²) in [6.45, 7) is 2.45. The van der Waals surface area contributed by atoms with E-state index in [2.05, 4.69) is 31.3 Å². The van der Waals surface area contributed by atoms with E-state index < -0.39 is 0 Å². The Morgan fingerprint density at radius 1 is 1.23 bits per heavy atom. The Hall–Kier alpha value is -2.93. The summed E-state index contributed by atoms with van der Waals surface area (Å²) >= 11 is 3.41. The van der Waals surface area contributed by atoms with Gasteiger partial charge in [0.25, 0.3) is 5.91 Å². The van der Waals surface area contributed by atoms with E-state index >= 15 is 0 Å². The van der Waals surface area contributed by atoms with E-state index in [1.165, 1.54) is 0 Å². The zero-order chi connectivity index (χ0) is 18.1. The van der Waals surface area contributed by atoms with Gasteiger partial charge in [-0.25, -0.2) is 4.98 Å². The molecular weight excluding hydrogens is 394 g/mol. The summed E-state index contributed by atoms with van der Waals surface area (Å²) in [6, 6.07) is 11.5. The van der Waals surface area contributed by atoms with Gasteiger partial charge in [-0.1, -0.05) is 22.0 Å². The van der Waals surface area contributed by atoms with Gasteiger partial charge in [0.2, 0.25) is 0 Å². The maximum Gasteiger partial charge on any atom is 0.256 e. The van der Waals surface area contributed by atoms with Gasteiger partial charge in [-0.15, -0.1) is 0 Å². The molecule has 3 aromatic heterocycles. The molecule has 0 aliphatic rings. The highest BCUT2D eigenvalue weighted by Crippen LogP contribution is 2.17. The molecule has 3 heterocycles. The number of rotatable bonds is 4. The van der Waals surface area contributed by atoms with E-state index in [0.29, 0.717) is 17.8 Å². The number of fused-ring (bicyclic) bond motifs is 1. The summed E-state index contributed by atoms with van der Waals surface area (Å²) in [5, 5.41) is 7.20. The van der Waals surface area contributed by atoms with Gasteiger partial charge >= 0.3 is 0 Å². The Bertz CT molecular complexity index is 1070. The first-order valence-electron chi connectivity index (χ1n) is 8.11. The van der Waals surface area contributed by atoms with Crippen molar-refractivity contribution in [2.45, 2.75) is 13.5 Å². The van der Waals surface area contributed by atoms with Crippen molar-refractivity contribution >= 4 is 33.2 Å². The van der Waals surface area contributed by atoms with Crippen molar-refractivity contribution in [3.05, 3.63) is 82.5 Å². The van der Waals surface area contributed by atoms with Gasteiger partial charge in [0.1, 0.15) is 5.65 Å². The van der Waals surface area contributed by atoms with Crippen LogP contribution in [0.5, 0.6) is 0 Å². The number of pyridine rings is 1. The van der Waals surface area contributed by atoms with Crippen LogP contribution in [-0.4, -0.2) is 25.1 Å². The first kappa shape index (κ1) is 16.5. The Kier molecular flexibility index (Phi) is 4.30. The second-order valence-corrected chi connectivity index (χ2v) is 6.95. The van der Waals surface area contributed by atoms with E-state index in [1.54, 1.807) is 23.1 Å². The fraction of sp³-hybridized carbons (Fsp3) is 0.105. The van der Waals surface area contributed by atoms with Crippen molar-refractivity contribution < 1.29 is 4.79 Å². The number of nitrogens with zero attached hydrogens (tertiary/aromatic N) is 4. The van der Waals surface area contributed by atoms with Crippen LogP contribution in [-0.2, 0) is 6.54 Å². The molecule has 1 amide bonds. The lowest BCUT2D eigenvalue weighted by atomic mass is 10.1. The topological polar surface area (TPSA) is 64.2 Å². The molecule has 0 saturated carbocycles. The zero-order valence-corrected chi connectivity index (χ0v) is 15.6. The molecule has 0 spiro atoms.